The fourth-order valence-corrected chi connectivity index (χ4v) is 1.55. The molecule has 1 rings (SSSR count). The standard InChI is InChI=1S/C10H16N2O3/c1-7(6-13)5-12-8(2)10(15)11-4-3-9(12)14/h6-8H,3-5H2,1-2H3,(H,11,15). The van der Waals surface area contributed by atoms with E-state index >= 15 is 0 Å². The minimum Gasteiger partial charge on any atom is -0.354 e. The van der Waals surface area contributed by atoms with Crippen molar-refractivity contribution in [3.8, 4) is 0 Å². The van der Waals surface area contributed by atoms with Gasteiger partial charge in [0.25, 0.3) is 0 Å². The van der Waals surface area contributed by atoms with Gasteiger partial charge in [-0.1, -0.05) is 6.92 Å². The van der Waals surface area contributed by atoms with Crippen molar-refractivity contribution in [3.63, 3.8) is 0 Å². The van der Waals surface area contributed by atoms with Crippen molar-refractivity contribution in [1.29, 1.82) is 0 Å². The highest BCUT2D eigenvalue weighted by molar-refractivity contribution is 5.89. The van der Waals surface area contributed by atoms with E-state index in [2.05, 4.69) is 5.32 Å². The monoisotopic (exact) mass is 212 g/mol. The molecule has 1 aliphatic heterocycles. The Morgan fingerprint density at radius 3 is 2.87 bits per heavy atom. The van der Waals surface area contributed by atoms with Crippen LogP contribution in [0.2, 0.25) is 0 Å². The molecule has 0 saturated carbocycles. The first-order valence-corrected chi connectivity index (χ1v) is 5.08. The van der Waals surface area contributed by atoms with Crippen LogP contribution in [-0.4, -0.2) is 42.1 Å². The lowest BCUT2D eigenvalue weighted by Gasteiger charge is -2.26. The zero-order valence-corrected chi connectivity index (χ0v) is 9.03. The molecule has 0 aromatic rings. The molecule has 2 atom stereocenters. The van der Waals surface area contributed by atoms with Gasteiger partial charge in [0.1, 0.15) is 12.3 Å². The number of nitrogens with zero attached hydrogens (tertiary/aromatic N) is 1. The van der Waals surface area contributed by atoms with Crippen molar-refractivity contribution >= 4 is 18.1 Å². The van der Waals surface area contributed by atoms with E-state index in [0.29, 0.717) is 19.5 Å². The van der Waals surface area contributed by atoms with Gasteiger partial charge in [-0.3, -0.25) is 9.59 Å². The molecule has 0 bridgehead atoms. The van der Waals surface area contributed by atoms with Crippen LogP contribution >= 0.6 is 0 Å². The van der Waals surface area contributed by atoms with Crippen molar-refractivity contribution in [1.82, 2.24) is 10.2 Å². The van der Waals surface area contributed by atoms with Crippen LogP contribution in [0.15, 0.2) is 0 Å². The predicted octanol–water partition coefficient (Wildman–Crippen LogP) is -0.442. The summed E-state index contributed by atoms with van der Waals surface area (Å²) in [5.41, 5.74) is 0. The second-order valence-electron chi connectivity index (χ2n) is 3.88. The largest absolute Gasteiger partial charge is 0.354 e. The molecule has 2 amide bonds. The maximum Gasteiger partial charge on any atom is 0.242 e. The van der Waals surface area contributed by atoms with Gasteiger partial charge in [0, 0.05) is 25.4 Å². The van der Waals surface area contributed by atoms with Gasteiger partial charge in [-0.15, -0.1) is 0 Å². The molecule has 5 nitrogen and oxygen atoms in total. The maximum atomic E-state index is 11.6. The Hall–Kier alpha value is -1.39. The molecule has 0 spiro atoms. The van der Waals surface area contributed by atoms with E-state index in [0.717, 1.165) is 6.29 Å². The Labute approximate surface area is 88.8 Å². The van der Waals surface area contributed by atoms with Crippen molar-refractivity contribution in [2.24, 2.45) is 5.92 Å². The molecule has 1 saturated heterocycles. The first kappa shape index (κ1) is 11.7. The second kappa shape index (κ2) is 4.91. The van der Waals surface area contributed by atoms with E-state index in [-0.39, 0.29) is 17.7 Å². The quantitative estimate of drug-likeness (QED) is 0.645. The molecule has 2 unspecified atom stereocenters. The molecule has 0 aromatic carbocycles. The Bertz CT molecular complexity index is 278. The number of hydrogen-bond donors (Lipinski definition) is 1. The van der Waals surface area contributed by atoms with Gasteiger partial charge in [0.15, 0.2) is 0 Å². The molecule has 1 fully saturated rings. The van der Waals surface area contributed by atoms with E-state index in [1.54, 1.807) is 13.8 Å². The minimum absolute atomic E-state index is 0.0745. The fourth-order valence-electron chi connectivity index (χ4n) is 1.55. The maximum absolute atomic E-state index is 11.6. The van der Waals surface area contributed by atoms with Gasteiger partial charge in [-0.05, 0) is 6.92 Å². The first-order chi connectivity index (χ1) is 7.06. The lowest BCUT2D eigenvalue weighted by molar-refractivity contribution is -0.138. The highest BCUT2D eigenvalue weighted by Crippen LogP contribution is 2.09. The van der Waals surface area contributed by atoms with Crippen LogP contribution in [0.3, 0.4) is 0 Å². The lowest BCUT2D eigenvalue weighted by Crippen LogP contribution is -2.46. The topological polar surface area (TPSA) is 66.5 Å². The van der Waals surface area contributed by atoms with Gasteiger partial charge in [-0.2, -0.15) is 0 Å². The van der Waals surface area contributed by atoms with Crippen molar-refractivity contribution in [2.45, 2.75) is 26.3 Å². The SMILES string of the molecule is CC(C=O)CN1C(=O)CCNC(=O)C1C. The zero-order valence-electron chi connectivity index (χ0n) is 9.03. The number of amides is 2. The number of hydrogen-bond acceptors (Lipinski definition) is 3. The highest BCUT2D eigenvalue weighted by atomic mass is 16.2. The molecular formula is C10H16N2O3. The van der Waals surface area contributed by atoms with Gasteiger partial charge < -0.3 is 15.0 Å². The molecule has 15 heavy (non-hydrogen) atoms. The van der Waals surface area contributed by atoms with E-state index in [4.69, 9.17) is 0 Å². The Morgan fingerprint density at radius 1 is 1.60 bits per heavy atom. The van der Waals surface area contributed by atoms with Gasteiger partial charge in [0.05, 0.1) is 0 Å². The number of carbonyl (C=O) groups excluding carboxylic acids is 3. The predicted molar refractivity (Wildman–Crippen MR) is 54.0 cm³/mol. The third-order valence-electron chi connectivity index (χ3n) is 2.52. The van der Waals surface area contributed by atoms with Crippen LogP contribution in [0.4, 0.5) is 0 Å². The average molecular weight is 212 g/mol. The summed E-state index contributed by atoms with van der Waals surface area (Å²) in [5.74, 6) is -0.462. The van der Waals surface area contributed by atoms with Crippen molar-refractivity contribution < 1.29 is 14.4 Å². The fraction of sp³-hybridized carbons (Fsp3) is 0.700. The third kappa shape index (κ3) is 2.78. The van der Waals surface area contributed by atoms with Crippen LogP contribution in [0.1, 0.15) is 20.3 Å². The summed E-state index contributed by atoms with van der Waals surface area (Å²) in [6.07, 6.45) is 1.10. The Kier molecular flexibility index (Phi) is 3.82. The number of carbonyl (C=O) groups is 3. The van der Waals surface area contributed by atoms with Crippen LogP contribution in [0.25, 0.3) is 0 Å². The molecule has 5 heteroatoms. The van der Waals surface area contributed by atoms with Gasteiger partial charge >= 0.3 is 0 Å². The van der Waals surface area contributed by atoms with Gasteiger partial charge in [-0.25, -0.2) is 0 Å². The summed E-state index contributed by atoms with van der Waals surface area (Å²) in [4.78, 5) is 35.1. The minimum atomic E-state index is -0.484. The molecule has 0 aromatic heterocycles. The summed E-state index contributed by atoms with van der Waals surface area (Å²) in [7, 11) is 0. The summed E-state index contributed by atoms with van der Waals surface area (Å²) in [6.45, 7) is 4.11. The van der Waals surface area contributed by atoms with E-state index < -0.39 is 6.04 Å². The van der Waals surface area contributed by atoms with E-state index in [1.165, 1.54) is 4.90 Å². The number of rotatable bonds is 3. The normalized spacial score (nSPS) is 24.4. The second-order valence-corrected chi connectivity index (χ2v) is 3.88. The molecule has 0 radical (unpaired) electrons. The summed E-state index contributed by atoms with van der Waals surface area (Å²) in [6, 6.07) is -0.484. The third-order valence-corrected chi connectivity index (χ3v) is 2.52. The number of aldehydes is 1. The Morgan fingerprint density at radius 2 is 2.27 bits per heavy atom. The number of nitrogens with one attached hydrogen (secondary N) is 1. The molecular weight excluding hydrogens is 196 g/mol. The lowest BCUT2D eigenvalue weighted by atomic mass is 10.1. The van der Waals surface area contributed by atoms with Crippen LogP contribution in [-0.2, 0) is 14.4 Å². The molecule has 1 heterocycles. The summed E-state index contributed by atoms with van der Waals surface area (Å²) < 4.78 is 0. The van der Waals surface area contributed by atoms with Crippen LogP contribution in [0, 0.1) is 5.92 Å². The van der Waals surface area contributed by atoms with Crippen molar-refractivity contribution in [2.75, 3.05) is 13.1 Å². The van der Waals surface area contributed by atoms with Crippen LogP contribution < -0.4 is 5.32 Å². The average Bonchev–Trinajstić information content (AvgIpc) is 2.33. The highest BCUT2D eigenvalue weighted by Gasteiger charge is 2.29. The van der Waals surface area contributed by atoms with Crippen LogP contribution in [0.5, 0.6) is 0 Å². The van der Waals surface area contributed by atoms with Crippen molar-refractivity contribution in [3.05, 3.63) is 0 Å². The molecule has 84 valence electrons. The molecule has 1 N–H and O–H groups in total. The van der Waals surface area contributed by atoms with E-state index in [9.17, 15) is 14.4 Å². The molecule has 0 aliphatic carbocycles. The van der Waals surface area contributed by atoms with E-state index in [1.807, 2.05) is 0 Å². The zero-order chi connectivity index (χ0) is 11.4. The van der Waals surface area contributed by atoms with Gasteiger partial charge in [0.2, 0.25) is 11.8 Å². The molecule has 1 aliphatic rings. The smallest absolute Gasteiger partial charge is 0.242 e. The Balaban J connectivity index is 2.75. The summed E-state index contributed by atoms with van der Waals surface area (Å²) in [5, 5.41) is 2.66. The summed E-state index contributed by atoms with van der Waals surface area (Å²) >= 11 is 0. The first-order valence-electron chi connectivity index (χ1n) is 5.08.